The monoisotopic (exact) mass is 847 g/mol. The molecule has 0 N–H and O–H groups in total. The van der Waals surface area contributed by atoms with Gasteiger partial charge >= 0.3 is 0 Å². The Morgan fingerprint density at radius 1 is 0.242 bits per heavy atom. The van der Waals surface area contributed by atoms with Gasteiger partial charge < -0.3 is 0 Å². The summed E-state index contributed by atoms with van der Waals surface area (Å²) in [4.78, 5) is 25.9. The maximum absolute atomic E-state index is 5.30. The van der Waals surface area contributed by atoms with Gasteiger partial charge in [-0.05, 0) is 86.0 Å². The lowest BCUT2D eigenvalue weighted by molar-refractivity contribution is 0.660. The third-order valence-corrected chi connectivity index (χ3v) is 13.8. The molecule has 0 aliphatic heterocycles. The molecule has 0 atom stereocenters. The van der Waals surface area contributed by atoms with E-state index in [4.69, 9.17) is 24.9 Å². The Morgan fingerprint density at radius 3 is 1.32 bits per heavy atom. The van der Waals surface area contributed by atoms with Gasteiger partial charge in [0.2, 0.25) is 0 Å². The number of rotatable bonds is 7. The van der Waals surface area contributed by atoms with Gasteiger partial charge in [0.15, 0.2) is 23.3 Å². The Bertz CT molecular complexity index is 3540. The quantitative estimate of drug-likeness (QED) is 0.160. The van der Waals surface area contributed by atoms with Crippen LogP contribution in [-0.4, -0.2) is 24.9 Å². The van der Waals surface area contributed by atoms with E-state index >= 15 is 0 Å². The van der Waals surface area contributed by atoms with Crippen molar-refractivity contribution in [3.63, 3.8) is 0 Å². The highest BCUT2D eigenvalue weighted by Crippen LogP contribution is 2.51. The van der Waals surface area contributed by atoms with Crippen molar-refractivity contribution in [2.75, 3.05) is 0 Å². The molecule has 5 nitrogen and oxygen atoms in total. The molecule has 0 spiro atoms. The van der Waals surface area contributed by atoms with E-state index in [1.165, 1.54) is 44.5 Å². The normalized spacial score (nSPS) is 13.7. The average Bonchev–Trinajstić information content (AvgIpc) is 3.75. The van der Waals surface area contributed by atoms with Crippen LogP contribution in [0.2, 0.25) is 0 Å². The number of aromatic nitrogens is 5. The third kappa shape index (κ3) is 6.58. The molecule has 0 fully saturated rings. The van der Waals surface area contributed by atoms with E-state index in [2.05, 4.69) is 204 Å². The van der Waals surface area contributed by atoms with E-state index in [-0.39, 0.29) is 10.8 Å². The van der Waals surface area contributed by atoms with Gasteiger partial charge in [0.1, 0.15) is 0 Å². The van der Waals surface area contributed by atoms with Crippen molar-refractivity contribution in [3.8, 4) is 101 Å². The summed E-state index contributed by atoms with van der Waals surface area (Å²) in [6.45, 7) is 9.22. The molecule has 0 amide bonds. The zero-order valence-corrected chi connectivity index (χ0v) is 37.3. The van der Waals surface area contributed by atoms with Crippen LogP contribution in [0.1, 0.15) is 49.9 Å². The summed E-state index contributed by atoms with van der Waals surface area (Å²) in [6, 6.07) is 70.6. The number of fused-ring (bicyclic) bond motifs is 6. The van der Waals surface area contributed by atoms with E-state index in [9.17, 15) is 0 Å². The highest BCUT2D eigenvalue weighted by molar-refractivity contribution is 5.86. The van der Waals surface area contributed by atoms with Crippen LogP contribution in [0.4, 0.5) is 0 Å². The van der Waals surface area contributed by atoms with Crippen LogP contribution in [0.3, 0.4) is 0 Å². The van der Waals surface area contributed by atoms with E-state index in [1.54, 1.807) is 0 Å². The lowest BCUT2D eigenvalue weighted by atomic mass is 9.82. The smallest absolute Gasteiger partial charge is 0.164 e. The SMILES string of the molecule is CC1(C)c2ccccc2-c2cc(-c3nc(-c4ccccc4)nc(-c4cccc(-c5cccc(-c6cc(-c7ccccc7)nc(-c7ccc8c(c7)C(C)(C)c7ccccc7-8)n6)c5)c4)n3)ccc21. The Kier molecular flexibility index (Phi) is 9.11. The fourth-order valence-corrected chi connectivity index (χ4v) is 10.2. The largest absolute Gasteiger partial charge is 0.228 e. The van der Waals surface area contributed by atoms with E-state index in [0.717, 1.165) is 55.9 Å². The van der Waals surface area contributed by atoms with Gasteiger partial charge in [-0.15, -0.1) is 0 Å². The Labute approximate surface area is 385 Å². The molecule has 314 valence electrons. The van der Waals surface area contributed by atoms with Gasteiger partial charge in [-0.3, -0.25) is 0 Å². The predicted molar refractivity (Wildman–Crippen MR) is 269 cm³/mol. The lowest BCUT2D eigenvalue weighted by Crippen LogP contribution is -2.15. The molecule has 2 aliphatic carbocycles. The van der Waals surface area contributed by atoms with Crippen molar-refractivity contribution in [1.29, 1.82) is 0 Å². The van der Waals surface area contributed by atoms with Crippen LogP contribution < -0.4 is 0 Å². The second kappa shape index (κ2) is 15.2. The topological polar surface area (TPSA) is 64.5 Å². The molecule has 0 bridgehead atoms. The fraction of sp³-hybridized carbons (Fsp3) is 0.0984. The Hall–Kier alpha value is -8.15. The summed E-state index contributed by atoms with van der Waals surface area (Å²) in [6.07, 6.45) is 0. The second-order valence-electron chi connectivity index (χ2n) is 18.5. The molecule has 5 heteroatoms. The van der Waals surface area contributed by atoms with Crippen molar-refractivity contribution in [1.82, 2.24) is 24.9 Å². The first-order valence-electron chi connectivity index (χ1n) is 22.7. The van der Waals surface area contributed by atoms with Crippen molar-refractivity contribution >= 4 is 0 Å². The van der Waals surface area contributed by atoms with Crippen molar-refractivity contribution in [2.24, 2.45) is 0 Å². The Morgan fingerprint density at radius 2 is 0.652 bits per heavy atom. The molecule has 0 saturated heterocycles. The first-order chi connectivity index (χ1) is 32.2. The first-order valence-corrected chi connectivity index (χ1v) is 22.7. The van der Waals surface area contributed by atoms with E-state index in [1.807, 2.05) is 24.3 Å². The van der Waals surface area contributed by atoms with Crippen LogP contribution in [0.25, 0.3) is 101 Å². The summed E-state index contributed by atoms with van der Waals surface area (Å²) in [5, 5.41) is 0. The standard InChI is InChI=1S/C61H45N5/c1-60(2)51-28-14-12-26-47(51)49-35-44(30-32-52(49)60)59-65-56(39-19-9-6-10-20-39)64-58(66-59)43-24-16-22-41(34-43)40-21-15-23-42(33-40)55-37-54(38-17-7-5-8-18-38)62-57(63-55)45-29-31-48-46-25-11-13-27-50(46)61(3,4)53(48)36-45/h5-37H,1-4H3. The molecular formula is C61H45N5. The number of hydrogen-bond acceptors (Lipinski definition) is 5. The van der Waals surface area contributed by atoms with Crippen LogP contribution in [0, 0.1) is 0 Å². The van der Waals surface area contributed by atoms with Gasteiger partial charge in [0.05, 0.1) is 11.4 Å². The molecule has 0 saturated carbocycles. The average molecular weight is 848 g/mol. The molecule has 0 radical (unpaired) electrons. The molecule has 66 heavy (non-hydrogen) atoms. The maximum Gasteiger partial charge on any atom is 0.164 e. The molecule has 12 rings (SSSR count). The summed E-state index contributed by atoms with van der Waals surface area (Å²) < 4.78 is 0. The van der Waals surface area contributed by atoms with Crippen molar-refractivity contribution in [2.45, 2.75) is 38.5 Å². The van der Waals surface area contributed by atoms with Gasteiger partial charge in [0.25, 0.3) is 0 Å². The summed E-state index contributed by atoms with van der Waals surface area (Å²) in [5.41, 5.74) is 19.8. The number of benzene rings is 8. The highest BCUT2D eigenvalue weighted by Gasteiger charge is 2.36. The number of nitrogens with zero attached hydrogens (tertiary/aromatic N) is 5. The summed E-state index contributed by atoms with van der Waals surface area (Å²) in [7, 11) is 0. The molecule has 2 aromatic heterocycles. The third-order valence-electron chi connectivity index (χ3n) is 13.8. The Balaban J connectivity index is 0.939. The molecular weight excluding hydrogens is 803 g/mol. The minimum absolute atomic E-state index is 0.0885. The van der Waals surface area contributed by atoms with Crippen molar-refractivity contribution < 1.29 is 0 Å². The first kappa shape index (κ1) is 39.4. The van der Waals surface area contributed by atoms with Crippen LogP contribution in [-0.2, 0) is 10.8 Å². The van der Waals surface area contributed by atoms with Gasteiger partial charge in [-0.25, -0.2) is 24.9 Å². The highest BCUT2D eigenvalue weighted by atomic mass is 15.0. The maximum atomic E-state index is 5.30. The molecule has 2 aliphatic rings. The lowest BCUT2D eigenvalue weighted by Gasteiger charge is -2.21. The molecule has 8 aromatic carbocycles. The predicted octanol–water partition coefficient (Wildman–Crippen LogP) is 14.9. The van der Waals surface area contributed by atoms with Crippen LogP contribution >= 0.6 is 0 Å². The van der Waals surface area contributed by atoms with Crippen molar-refractivity contribution in [3.05, 3.63) is 222 Å². The minimum Gasteiger partial charge on any atom is -0.228 e. The van der Waals surface area contributed by atoms with Crippen LogP contribution in [0.15, 0.2) is 200 Å². The fourth-order valence-electron chi connectivity index (χ4n) is 10.2. The van der Waals surface area contributed by atoms with Gasteiger partial charge in [-0.1, -0.05) is 198 Å². The molecule has 2 heterocycles. The molecule has 10 aromatic rings. The number of hydrogen-bond donors (Lipinski definition) is 0. The zero-order valence-electron chi connectivity index (χ0n) is 37.3. The zero-order chi connectivity index (χ0) is 44.6. The van der Waals surface area contributed by atoms with Crippen LogP contribution in [0.5, 0.6) is 0 Å². The van der Waals surface area contributed by atoms with E-state index < -0.39 is 0 Å². The summed E-state index contributed by atoms with van der Waals surface area (Å²) >= 11 is 0. The second-order valence-corrected chi connectivity index (χ2v) is 18.5. The van der Waals surface area contributed by atoms with Gasteiger partial charge in [-0.2, -0.15) is 0 Å². The minimum atomic E-state index is -0.136. The van der Waals surface area contributed by atoms with Gasteiger partial charge in [0, 0.05) is 44.2 Å². The van der Waals surface area contributed by atoms with E-state index in [0.29, 0.717) is 23.3 Å². The molecule has 0 unspecified atom stereocenters. The summed E-state index contributed by atoms with van der Waals surface area (Å²) in [5.74, 6) is 2.59.